The smallest absolute Gasteiger partial charge is 0.358 e. The molecule has 4 heterocycles. The fourth-order valence-corrected chi connectivity index (χ4v) is 8.51. The Labute approximate surface area is 293 Å². The van der Waals surface area contributed by atoms with Gasteiger partial charge < -0.3 is 23.8 Å². The summed E-state index contributed by atoms with van der Waals surface area (Å²) in [6.45, 7) is 6.74. The van der Waals surface area contributed by atoms with Crippen molar-refractivity contribution in [1.29, 1.82) is 0 Å². The third-order valence-electron chi connectivity index (χ3n) is 10.3. The van der Waals surface area contributed by atoms with Gasteiger partial charge >= 0.3 is 5.24 Å². The number of anilines is 1. The van der Waals surface area contributed by atoms with E-state index < -0.39 is 5.41 Å². The third-order valence-corrected chi connectivity index (χ3v) is 10.8. The van der Waals surface area contributed by atoms with Crippen LogP contribution in [-0.2, 0) is 10.2 Å². The van der Waals surface area contributed by atoms with Crippen molar-refractivity contribution in [3.8, 4) is 17.2 Å². The number of fused-ring (bicyclic) bond motifs is 4. The zero-order chi connectivity index (χ0) is 33.1. The van der Waals surface area contributed by atoms with E-state index in [1.807, 2.05) is 66.7 Å². The van der Waals surface area contributed by atoms with Gasteiger partial charge in [-0.25, -0.2) is 0 Å². The molecule has 0 radical (unpaired) electrons. The summed E-state index contributed by atoms with van der Waals surface area (Å²) in [5.74, 6) is 3.08. The van der Waals surface area contributed by atoms with E-state index in [9.17, 15) is 0 Å². The van der Waals surface area contributed by atoms with Gasteiger partial charge in [-0.05, 0) is 103 Å². The van der Waals surface area contributed by atoms with Gasteiger partial charge in [0.1, 0.15) is 23.4 Å². The van der Waals surface area contributed by atoms with Gasteiger partial charge in [-0.1, -0.05) is 72.8 Å². The van der Waals surface area contributed by atoms with E-state index in [2.05, 4.69) is 64.9 Å². The van der Waals surface area contributed by atoms with Gasteiger partial charge in [0.05, 0.1) is 12.5 Å². The number of piperidine rings is 3. The Morgan fingerprint density at radius 2 is 1.52 bits per heavy atom. The molecule has 8 rings (SSSR count). The van der Waals surface area contributed by atoms with Crippen LogP contribution in [0.25, 0.3) is 0 Å². The quantitative estimate of drug-likeness (QED) is 0.137. The lowest BCUT2D eigenvalue weighted by atomic mass is 9.61. The number of rotatable bonds is 8. The van der Waals surface area contributed by atoms with Crippen LogP contribution in [0.4, 0.5) is 5.69 Å². The molecule has 48 heavy (non-hydrogen) atoms. The minimum atomic E-state index is -0.639. The zero-order valence-corrected chi connectivity index (χ0v) is 28.7. The molecule has 0 N–H and O–H groups in total. The highest BCUT2D eigenvalue weighted by atomic mass is 32.1. The van der Waals surface area contributed by atoms with E-state index in [1.165, 1.54) is 0 Å². The minimum absolute atomic E-state index is 0.0793. The maximum Gasteiger partial charge on any atom is 0.358 e. The Hall–Kier alpha value is -4.24. The molecule has 0 amide bonds. The Balaban J connectivity index is 1.37. The average Bonchev–Trinajstić information content (AvgIpc) is 3.14. The number of ether oxygens (including phenoxy) is 4. The number of methoxy groups -OCH3 is 1. The predicted molar refractivity (Wildman–Crippen MR) is 198 cm³/mol. The van der Waals surface area contributed by atoms with Crippen molar-refractivity contribution in [2.45, 2.75) is 36.8 Å². The van der Waals surface area contributed by atoms with E-state index >= 15 is 0 Å². The highest BCUT2D eigenvalue weighted by molar-refractivity contribution is 7.80. The molecule has 4 aliphatic rings. The summed E-state index contributed by atoms with van der Waals surface area (Å²) >= 11 is 11.9. The van der Waals surface area contributed by atoms with Crippen LogP contribution in [0.15, 0.2) is 122 Å². The second kappa shape index (κ2) is 14.1. The molecule has 2 bridgehead atoms. The summed E-state index contributed by atoms with van der Waals surface area (Å²) in [7, 11) is 1.70. The van der Waals surface area contributed by atoms with Gasteiger partial charge in [-0.3, -0.25) is 4.90 Å². The number of para-hydroxylation sites is 2. The zero-order valence-electron chi connectivity index (χ0n) is 27.1. The van der Waals surface area contributed by atoms with Crippen molar-refractivity contribution < 1.29 is 18.9 Å². The number of hydrogen-bond acceptors (Lipinski definition) is 7. The van der Waals surface area contributed by atoms with E-state index in [-0.39, 0.29) is 17.4 Å². The predicted octanol–water partition coefficient (Wildman–Crippen LogP) is 8.20. The van der Waals surface area contributed by atoms with Gasteiger partial charge in [0.25, 0.3) is 5.17 Å². The molecule has 4 aromatic carbocycles. The normalized spacial score (nSPS) is 24.9. The molecule has 0 aliphatic carbocycles. The fourth-order valence-electron chi connectivity index (χ4n) is 8.02. The molecule has 8 heteroatoms. The fraction of sp³-hybridized carbons (Fsp3) is 0.300. The molecule has 1 unspecified atom stereocenters. The van der Waals surface area contributed by atoms with Crippen LogP contribution in [0.5, 0.6) is 17.2 Å². The van der Waals surface area contributed by atoms with E-state index in [0.717, 1.165) is 48.5 Å². The lowest BCUT2D eigenvalue weighted by molar-refractivity contribution is -0.0656. The second-order valence-corrected chi connectivity index (χ2v) is 13.4. The van der Waals surface area contributed by atoms with Crippen LogP contribution in [0.3, 0.4) is 0 Å². The first-order valence-electron chi connectivity index (χ1n) is 16.6. The Bertz CT molecular complexity index is 1760. The summed E-state index contributed by atoms with van der Waals surface area (Å²) in [4.78, 5) is 4.68. The Kier molecular flexibility index (Phi) is 9.48. The Morgan fingerprint density at radius 1 is 0.854 bits per heavy atom. The lowest BCUT2D eigenvalue weighted by Gasteiger charge is -2.56. The van der Waals surface area contributed by atoms with Crippen LogP contribution < -0.4 is 19.1 Å². The molecular formula is C40H40N2O4S2. The largest absolute Gasteiger partial charge is 0.497 e. The monoisotopic (exact) mass is 676 g/mol. The highest BCUT2D eigenvalue weighted by Gasteiger charge is 2.56. The summed E-state index contributed by atoms with van der Waals surface area (Å²) in [6, 6.07) is 36.2. The van der Waals surface area contributed by atoms with Crippen LogP contribution in [0, 0.1) is 11.8 Å². The molecular weight excluding hydrogens is 637 g/mol. The molecule has 0 spiro atoms. The topological polar surface area (TPSA) is 43.4 Å². The van der Waals surface area contributed by atoms with Gasteiger partial charge in [0.15, 0.2) is 0 Å². The van der Waals surface area contributed by atoms with Crippen molar-refractivity contribution >= 4 is 40.5 Å². The molecule has 3 saturated heterocycles. The number of nitrogens with zero attached hydrogens (tertiary/aromatic N) is 2. The molecule has 4 aliphatic heterocycles. The molecule has 3 fully saturated rings. The van der Waals surface area contributed by atoms with E-state index in [1.54, 1.807) is 7.11 Å². The van der Waals surface area contributed by atoms with Crippen LogP contribution in [0.1, 0.15) is 30.4 Å². The molecule has 0 aromatic heterocycles. The number of benzene rings is 4. The van der Waals surface area contributed by atoms with Crippen molar-refractivity contribution in [2.24, 2.45) is 11.8 Å². The molecule has 0 saturated carbocycles. The third kappa shape index (κ3) is 6.20. The van der Waals surface area contributed by atoms with Crippen molar-refractivity contribution in [3.63, 3.8) is 0 Å². The molecule has 4 aromatic rings. The number of hydrogen-bond donors (Lipinski definition) is 0. The van der Waals surface area contributed by atoms with Crippen LogP contribution >= 0.6 is 24.4 Å². The minimum Gasteiger partial charge on any atom is -0.497 e. The maximum absolute atomic E-state index is 7.05. The summed E-state index contributed by atoms with van der Waals surface area (Å²) in [5.41, 5.74) is 2.51. The Morgan fingerprint density at radius 3 is 2.15 bits per heavy atom. The molecule has 6 nitrogen and oxygen atoms in total. The standard InChI is InChI=1S/C40H40N2O4S2/c1-3-28-27-41-23-21-29(28)25-36(41)37(46-39(48)45-32-17-11-6-12-18-32)40(30-13-7-4-8-14-30)22-24-42(35-20-19-33(43-2)26-34(35)40)38(47)44-31-15-9-5-10-16-31/h3-20,26,28-29,36-37H,1,21-25,27H2,2H3/t28-,29-,36-,37-,40-/m0/s1. The van der Waals surface area contributed by atoms with Crippen LogP contribution in [0.2, 0.25) is 0 Å². The van der Waals surface area contributed by atoms with Gasteiger partial charge in [-0.2, -0.15) is 0 Å². The van der Waals surface area contributed by atoms with Crippen molar-refractivity contribution in [3.05, 3.63) is 133 Å². The maximum atomic E-state index is 7.05. The lowest BCUT2D eigenvalue weighted by Crippen LogP contribution is -2.64. The first-order chi connectivity index (χ1) is 23.5. The second-order valence-electron chi connectivity index (χ2n) is 12.8. The van der Waals surface area contributed by atoms with Gasteiger partial charge in [-0.15, -0.1) is 6.58 Å². The van der Waals surface area contributed by atoms with E-state index in [0.29, 0.717) is 41.5 Å². The van der Waals surface area contributed by atoms with Gasteiger partial charge in [0.2, 0.25) is 0 Å². The van der Waals surface area contributed by atoms with Crippen LogP contribution in [-0.4, -0.2) is 54.2 Å². The molecule has 6 atom stereocenters. The summed E-state index contributed by atoms with van der Waals surface area (Å²) < 4.78 is 25.4. The average molecular weight is 677 g/mol. The first-order valence-corrected chi connectivity index (χ1v) is 17.4. The van der Waals surface area contributed by atoms with Gasteiger partial charge in [0, 0.05) is 37.0 Å². The SMILES string of the molecule is C=C[C@H]1CN2CC[C@H]1C[C@H]2[C@H](OC(=S)Oc1ccccc1)[C@]1(c2ccccc2)CCN(C(=S)Oc2ccccc2)c2ccc(OC)cc21. The molecule has 246 valence electrons. The first kappa shape index (κ1) is 32.3. The van der Waals surface area contributed by atoms with Crippen molar-refractivity contribution in [2.75, 3.05) is 31.6 Å². The highest BCUT2D eigenvalue weighted by Crippen LogP contribution is 2.53. The van der Waals surface area contributed by atoms with Crippen molar-refractivity contribution in [1.82, 2.24) is 4.90 Å². The summed E-state index contributed by atoms with van der Waals surface area (Å²) in [6.07, 6.45) is 4.55. The summed E-state index contributed by atoms with van der Waals surface area (Å²) in [5, 5.41) is 0.503. The van der Waals surface area contributed by atoms with E-state index in [4.69, 9.17) is 43.4 Å². The number of thiocarbonyl (C=S) groups is 2.